The number of benzene rings is 1. The number of nitrogens with zero attached hydrogens (tertiary/aromatic N) is 3. The molecular weight excluding hydrogens is 410 g/mol. The van der Waals surface area contributed by atoms with E-state index < -0.39 is 10.9 Å². The summed E-state index contributed by atoms with van der Waals surface area (Å²) in [5.41, 5.74) is 0.230. The van der Waals surface area contributed by atoms with Crippen molar-refractivity contribution in [3.8, 4) is 0 Å². The van der Waals surface area contributed by atoms with Gasteiger partial charge in [-0.2, -0.15) is 4.98 Å². The molecule has 0 saturated carbocycles. The van der Waals surface area contributed by atoms with Crippen LogP contribution in [0.5, 0.6) is 0 Å². The SMILES string of the molecule is CC(C)(C)Nc1c(Nc2ccnc(N(Cc3ccccc3)c3cccs3)n2)c(=O)c1=O. The number of thiophene rings is 1. The van der Waals surface area contributed by atoms with Crippen molar-refractivity contribution in [2.75, 3.05) is 15.5 Å². The Kier molecular flexibility index (Phi) is 5.56. The van der Waals surface area contributed by atoms with Gasteiger partial charge in [-0.15, -0.1) is 11.3 Å². The Morgan fingerprint density at radius 1 is 0.968 bits per heavy atom. The van der Waals surface area contributed by atoms with E-state index in [9.17, 15) is 9.59 Å². The molecule has 2 N–H and O–H groups in total. The fourth-order valence-corrected chi connectivity index (χ4v) is 3.85. The molecule has 7 nitrogen and oxygen atoms in total. The van der Waals surface area contributed by atoms with Gasteiger partial charge in [0.2, 0.25) is 5.95 Å². The predicted octanol–water partition coefficient (Wildman–Crippen LogP) is 4.43. The number of hydrogen-bond acceptors (Lipinski definition) is 8. The van der Waals surface area contributed by atoms with Crippen molar-refractivity contribution in [1.29, 1.82) is 0 Å². The molecule has 4 rings (SSSR count). The zero-order valence-electron chi connectivity index (χ0n) is 17.5. The first kappa shape index (κ1) is 20.7. The smallest absolute Gasteiger partial charge is 0.253 e. The van der Waals surface area contributed by atoms with Crippen molar-refractivity contribution in [2.24, 2.45) is 0 Å². The van der Waals surface area contributed by atoms with Crippen molar-refractivity contribution in [3.63, 3.8) is 0 Å². The van der Waals surface area contributed by atoms with Crippen LogP contribution in [-0.2, 0) is 6.54 Å². The summed E-state index contributed by atoms with van der Waals surface area (Å²) in [4.78, 5) is 35.3. The summed E-state index contributed by atoms with van der Waals surface area (Å²) in [6.07, 6.45) is 1.64. The van der Waals surface area contributed by atoms with Gasteiger partial charge < -0.3 is 10.6 Å². The number of nitrogens with one attached hydrogen (secondary N) is 2. The monoisotopic (exact) mass is 433 g/mol. The maximum absolute atomic E-state index is 12.1. The van der Waals surface area contributed by atoms with Gasteiger partial charge in [0.05, 0.1) is 11.5 Å². The van der Waals surface area contributed by atoms with Crippen LogP contribution >= 0.6 is 11.3 Å². The molecule has 4 aromatic rings. The molecule has 0 amide bonds. The van der Waals surface area contributed by atoms with Gasteiger partial charge in [-0.25, -0.2) is 4.98 Å². The lowest BCUT2D eigenvalue weighted by atomic mass is 10.1. The molecule has 0 bridgehead atoms. The summed E-state index contributed by atoms with van der Waals surface area (Å²) in [6.45, 7) is 6.39. The van der Waals surface area contributed by atoms with Crippen molar-refractivity contribution in [3.05, 3.63) is 86.1 Å². The van der Waals surface area contributed by atoms with Gasteiger partial charge in [0.1, 0.15) is 17.2 Å². The Balaban J connectivity index is 1.64. The zero-order valence-corrected chi connectivity index (χ0v) is 18.4. The van der Waals surface area contributed by atoms with Crippen LogP contribution in [0, 0.1) is 0 Å². The highest BCUT2D eigenvalue weighted by atomic mass is 32.1. The van der Waals surface area contributed by atoms with Gasteiger partial charge in [-0.05, 0) is 49.9 Å². The van der Waals surface area contributed by atoms with E-state index in [2.05, 4.69) is 32.7 Å². The van der Waals surface area contributed by atoms with Gasteiger partial charge in [0, 0.05) is 11.7 Å². The summed E-state index contributed by atoms with van der Waals surface area (Å²) in [5.74, 6) is 0.948. The van der Waals surface area contributed by atoms with E-state index in [4.69, 9.17) is 0 Å². The van der Waals surface area contributed by atoms with Crippen LogP contribution in [0.2, 0.25) is 0 Å². The largest absolute Gasteiger partial charge is 0.375 e. The summed E-state index contributed by atoms with van der Waals surface area (Å²) < 4.78 is 0. The minimum Gasteiger partial charge on any atom is -0.375 e. The molecule has 31 heavy (non-hydrogen) atoms. The minimum absolute atomic E-state index is 0.232. The summed E-state index contributed by atoms with van der Waals surface area (Å²) in [7, 11) is 0. The molecule has 2 aromatic carbocycles. The third kappa shape index (κ3) is 4.64. The topological polar surface area (TPSA) is 87.2 Å². The molecule has 0 aliphatic carbocycles. The Morgan fingerprint density at radius 3 is 2.39 bits per heavy atom. The summed E-state index contributed by atoms with van der Waals surface area (Å²) in [6, 6.07) is 15.7. The standard InChI is InChI=1S/C23H23N5O2S/c1-23(2,3)27-19-18(20(29)21(19)30)25-16-11-12-24-22(26-16)28(17-10-7-13-31-17)14-15-8-5-4-6-9-15/h4-13,27H,14H2,1-3H3,(H,24,25,26). The fraction of sp³-hybridized carbons (Fsp3) is 0.217. The molecule has 8 heteroatoms. The third-order valence-electron chi connectivity index (χ3n) is 4.50. The number of anilines is 5. The fourth-order valence-electron chi connectivity index (χ4n) is 3.12. The Bertz CT molecular complexity index is 1240. The third-order valence-corrected chi connectivity index (χ3v) is 5.39. The van der Waals surface area contributed by atoms with Gasteiger partial charge in [0.25, 0.3) is 10.9 Å². The lowest BCUT2D eigenvalue weighted by molar-refractivity contribution is 0.632. The number of aromatic nitrogens is 2. The Morgan fingerprint density at radius 2 is 1.71 bits per heavy atom. The van der Waals surface area contributed by atoms with E-state index in [1.807, 2.05) is 61.4 Å². The molecule has 0 aliphatic rings. The molecule has 0 atom stereocenters. The second kappa shape index (κ2) is 8.31. The second-order valence-corrected chi connectivity index (χ2v) is 9.10. The Labute approximate surface area is 184 Å². The average Bonchev–Trinajstić information content (AvgIpc) is 3.29. The van der Waals surface area contributed by atoms with Gasteiger partial charge in [0.15, 0.2) is 0 Å². The molecule has 0 fully saturated rings. The molecule has 158 valence electrons. The van der Waals surface area contributed by atoms with Gasteiger partial charge in [-0.1, -0.05) is 30.3 Å². The highest BCUT2D eigenvalue weighted by Crippen LogP contribution is 2.30. The normalized spacial score (nSPS) is 11.5. The molecular formula is C23H23N5O2S. The van der Waals surface area contributed by atoms with Crippen molar-refractivity contribution in [2.45, 2.75) is 32.9 Å². The molecule has 0 unspecified atom stereocenters. The second-order valence-electron chi connectivity index (χ2n) is 8.17. The first-order valence-electron chi connectivity index (χ1n) is 9.88. The number of hydrogen-bond donors (Lipinski definition) is 2. The molecule has 0 aliphatic heterocycles. The maximum atomic E-state index is 12.1. The lowest BCUT2D eigenvalue weighted by Gasteiger charge is -2.25. The van der Waals surface area contributed by atoms with Gasteiger partial charge >= 0.3 is 0 Å². The quantitative estimate of drug-likeness (QED) is 0.417. The van der Waals surface area contributed by atoms with E-state index in [1.54, 1.807) is 23.6 Å². The van der Waals surface area contributed by atoms with Crippen LogP contribution < -0.4 is 26.4 Å². The molecule has 0 spiro atoms. The average molecular weight is 434 g/mol. The van der Waals surface area contributed by atoms with Crippen LogP contribution in [-0.4, -0.2) is 15.5 Å². The van der Waals surface area contributed by atoms with Crippen molar-refractivity contribution in [1.82, 2.24) is 9.97 Å². The van der Waals surface area contributed by atoms with Crippen LogP contribution in [0.15, 0.2) is 69.7 Å². The van der Waals surface area contributed by atoms with E-state index in [0.717, 1.165) is 10.6 Å². The molecule has 0 radical (unpaired) electrons. The van der Waals surface area contributed by atoms with Crippen LogP contribution in [0.3, 0.4) is 0 Å². The van der Waals surface area contributed by atoms with Gasteiger partial charge in [-0.3, -0.25) is 14.5 Å². The first-order chi connectivity index (χ1) is 14.8. The number of rotatable bonds is 7. The summed E-state index contributed by atoms with van der Waals surface area (Å²) in [5, 5.41) is 9.11. The Hall–Kier alpha value is -3.52. The van der Waals surface area contributed by atoms with E-state index in [0.29, 0.717) is 18.3 Å². The zero-order chi connectivity index (χ0) is 22.0. The first-order valence-corrected chi connectivity index (χ1v) is 10.8. The van der Waals surface area contributed by atoms with E-state index in [-0.39, 0.29) is 16.9 Å². The summed E-state index contributed by atoms with van der Waals surface area (Å²) >= 11 is 1.60. The highest BCUT2D eigenvalue weighted by molar-refractivity contribution is 7.14. The van der Waals surface area contributed by atoms with Crippen LogP contribution in [0.1, 0.15) is 26.3 Å². The molecule has 2 aromatic heterocycles. The highest BCUT2D eigenvalue weighted by Gasteiger charge is 2.25. The minimum atomic E-state index is -0.550. The molecule has 2 heterocycles. The van der Waals surface area contributed by atoms with Crippen molar-refractivity contribution >= 4 is 39.5 Å². The maximum Gasteiger partial charge on any atom is 0.253 e. The van der Waals surface area contributed by atoms with Crippen LogP contribution in [0.4, 0.5) is 28.1 Å². The van der Waals surface area contributed by atoms with E-state index >= 15 is 0 Å². The van der Waals surface area contributed by atoms with E-state index in [1.165, 1.54) is 0 Å². The predicted molar refractivity (Wildman–Crippen MR) is 127 cm³/mol. The molecule has 0 saturated heterocycles. The lowest BCUT2D eigenvalue weighted by Crippen LogP contribution is -2.41. The van der Waals surface area contributed by atoms with Crippen LogP contribution in [0.25, 0.3) is 0 Å². The van der Waals surface area contributed by atoms with Crippen molar-refractivity contribution < 1.29 is 0 Å².